The Morgan fingerprint density at radius 2 is 1.28 bits per heavy atom. The van der Waals surface area contributed by atoms with Crippen LogP contribution in [0.2, 0.25) is 0 Å². The molecule has 2 N–H and O–H groups in total. The molecule has 154 valence electrons. The molecule has 1 aromatic carbocycles. The summed E-state index contributed by atoms with van der Waals surface area (Å²) in [4.78, 5) is 53.1. The molecule has 0 aliphatic heterocycles. The molecule has 2 aliphatic rings. The predicted molar refractivity (Wildman–Crippen MR) is 111 cm³/mol. The van der Waals surface area contributed by atoms with Gasteiger partial charge in [-0.3, -0.25) is 29.4 Å². The largest absolute Gasteiger partial charge is 0.274 e. The van der Waals surface area contributed by atoms with Crippen molar-refractivity contribution < 1.29 is 9.59 Å². The normalized spacial score (nSPS) is 18.6. The molecule has 7 heteroatoms. The molecule has 0 radical (unpaired) electrons. The number of aromatic amines is 2. The molecule has 0 bridgehead atoms. The monoisotopic (exact) mass is 397 g/mol. The van der Waals surface area contributed by atoms with E-state index in [1.165, 1.54) is 4.90 Å². The van der Waals surface area contributed by atoms with Gasteiger partial charge in [0.2, 0.25) is 11.8 Å². The minimum absolute atomic E-state index is 0.101. The highest BCUT2D eigenvalue weighted by Crippen LogP contribution is 2.33. The maximum Gasteiger partial charge on any atom is 0.272 e. The number of hydrogen-bond donors (Lipinski definition) is 2. The second-order valence-electron chi connectivity index (χ2n) is 8.29. The maximum atomic E-state index is 13.5. The predicted octanol–water partition coefficient (Wildman–Crippen LogP) is 3.24. The number of fused-ring (bicyclic) bond motifs is 1. The van der Waals surface area contributed by atoms with Crippen molar-refractivity contribution in [2.75, 3.05) is 4.90 Å². The van der Waals surface area contributed by atoms with Crippen LogP contribution in [0.15, 0.2) is 27.8 Å². The Morgan fingerprint density at radius 3 is 1.83 bits per heavy atom. The average molecular weight is 397 g/mol. The third kappa shape index (κ3) is 3.78. The van der Waals surface area contributed by atoms with E-state index in [2.05, 4.69) is 10.2 Å². The maximum absolute atomic E-state index is 13.5. The van der Waals surface area contributed by atoms with Crippen molar-refractivity contribution >= 4 is 28.3 Å². The molecule has 2 aromatic rings. The van der Waals surface area contributed by atoms with Crippen LogP contribution in [0.25, 0.3) is 10.8 Å². The van der Waals surface area contributed by atoms with Gasteiger partial charge in [-0.05, 0) is 37.8 Å². The lowest BCUT2D eigenvalue weighted by molar-refractivity contribution is -0.131. The van der Waals surface area contributed by atoms with E-state index in [0.29, 0.717) is 0 Å². The number of nitrogens with zero attached hydrogens (tertiary/aromatic N) is 1. The third-order valence-corrected chi connectivity index (χ3v) is 6.39. The van der Waals surface area contributed by atoms with Crippen LogP contribution in [-0.4, -0.2) is 22.0 Å². The molecule has 0 atom stereocenters. The molecule has 2 amide bonds. The second kappa shape index (κ2) is 8.35. The number of hydrogen-bond acceptors (Lipinski definition) is 4. The fourth-order valence-corrected chi connectivity index (χ4v) is 4.81. The number of carbonyl (C=O) groups is 2. The first-order chi connectivity index (χ1) is 14.1. The SMILES string of the molecule is O=C(C1CCCCC1)N(C(=O)C1CCCCC1)c1cccc2c(=O)[nH][nH]c(=O)c12. The highest BCUT2D eigenvalue weighted by Gasteiger charge is 2.36. The summed E-state index contributed by atoms with van der Waals surface area (Å²) >= 11 is 0. The van der Waals surface area contributed by atoms with Gasteiger partial charge in [0, 0.05) is 11.8 Å². The molecular weight excluding hydrogens is 370 g/mol. The van der Waals surface area contributed by atoms with Gasteiger partial charge in [0.05, 0.1) is 16.5 Å². The lowest BCUT2D eigenvalue weighted by atomic mass is 9.85. The molecule has 2 aliphatic carbocycles. The molecule has 4 rings (SSSR count). The van der Waals surface area contributed by atoms with Crippen LogP contribution in [0.5, 0.6) is 0 Å². The van der Waals surface area contributed by atoms with Gasteiger partial charge in [0.15, 0.2) is 0 Å². The standard InChI is InChI=1S/C22H27N3O4/c26-19-16-12-7-13-17(18(16)20(27)24-23-19)25(21(28)14-8-3-1-4-9-14)22(29)15-10-5-2-6-11-15/h7,12-15H,1-6,8-11H2,(H,23,26)(H,24,27). The molecule has 0 saturated heterocycles. The van der Waals surface area contributed by atoms with Gasteiger partial charge >= 0.3 is 0 Å². The van der Waals surface area contributed by atoms with Crippen molar-refractivity contribution in [3.8, 4) is 0 Å². The van der Waals surface area contributed by atoms with Crippen LogP contribution in [0.3, 0.4) is 0 Å². The molecule has 29 heavy (non-hydrogen) atoms. The zero-order valence-electron chi connectivity index (χ0n) is 16.5. The lowest BCUT2D eigenvalue weighted by Gasteiger charge is -2.32. The van der Waals surface area contributed by atoms with Crippen molar-refractivity contribution in [1.82, 2.24) is 10.2 Å². The number of nitrogens with one attached hydrogen (secondary N) is 2. The van der Waals surface area contributed by atoms with Gasteiger partial charge in [-0.1, -0.05) is 44.6 Å². The fraction of sp³-hybridized carbons (Fsp3) is 0.545. The van der Waals surface area contributed by atoms with E-state index in [0.717, 1.165) is 64.2 Å². The molecule has 0 unspecified atom stereocenters. The number of imide groups is 1. The Labute approximate surface area is 168 Å². The van der Waals surface area contributed by atoms with E-state index in [-0.39, 0.29) is 40.1 Å². The van der Waals surface area contributed by atoms with Gasteiger partial charge in [-0.15, -0.1) is 0 Å². The van der Waals surface area contributed by atoms with Crippen LogP contribution >= 0.6 is 0 Å². The highest BCUT2D eigenvalue weighted by molar-refractivity contribution is 6.20. The van der Waals surface area contributed by atoms with E-state index in [1.54, 1.807) is 18.2 Å². The second-order valence-corrected chi connectivity index (χ2v) is 8.29. The number of anilines is 1. The van der Waals surface area contributed by atoms with Crippen LogP contribution < -0.4 is 16.0 Å². The summed E-state index contributed by atoms with van der Waals surface area (Å²) in [6.07, 6.45) is 9.12. The molecule has 2 fully saturated rings. The van der Waals surface area contributed by atoms with Gasteiger partial charge < -0.3 is 0 Å². The van der Waals surface area contributed by atoms with E-state index < -0.39 is 11.1 Å². The van der Waals surface area contributed by atoms with E-state index >= 15 is 0 Å². The zero-order valence-corrected chi connectivity index (χ0v) is 16.5. The topological polar surface area (TPSA) is 103 Å². The fourth-order valence-electron chi connectivity index (χ4n) is 4.81. The summed E-state index contributed by atoms with van der Waals surface area (Å²) in [5.74, 6) is -0.889. The number of aromatic nitrogens is 2. The molecule has 2 saturated carbocycles. The van der Waals surface area contributed by atoms with Crippen molar-refractivity contribution in [2.24, 2.45) is 11.8 Å². The van der Waals surface area contributed by atoms with E-state index in [1.807, 2.05) is 0 Å². The first-order valence-corrected chi connectivity index (χ1v) is 10.7. The first kappa shape index (κ1) is 19.6. The van der Waals surface area contributed by atoms with Gasteiger partial charge in [-0.2, -0.15) is 0 Å². The smallest absolute Gasteiger partial charge is 0.272 e. The quantitative estimate of drug-likeness (QED) is 0.776. The highest BCUT2D eigenvalue weighted by atomic mass is 16.2. The summed E-state index contributed by atoms with van der Waals surface area (Å²) in [6.45, 7) is 0. The molecule has 7 nitrogen and oxygen atoms in total. The van der Waals surface area contributed by atoms with Gasteiger partial charge in [0.1, 0.15) is 0 Å². The number of benzene rings is 1. The van der Waals surface area contributed by atoms with E-state index in [4.69, 9.17) is 0 Å². The summed E-state index contributed by atoms with van der Waals surface area (Å²) < 4.78 is 0. The van der Waals surface area contributed by atoms with E-state index in [9.17, 15) is 19.2 Å². The van der Waals surface area contributed by atoms with Crippen molar-refractivity contribution in [3.63, 3.8) is 0 Å². The zero-order chi connectivity index (χ0) is 20.4. The summed E-state index contributed by atoms with van der Waals surface area (Å²) in [5, 5.41) is 4.93. The molecule has 0 spiro atoms. The molecule has 1 heterocycles. The van der Waals surface area contributed by atoms with Crippen LogP contribution in [-0.2, 0) is 9.59 Å². The Balaban J connectivity index is 1.84. The summed E-state index contributed by atoms with van der Waals surface area (Å²) in [6, 6.07) is 4.78. The average Bonchev–Trinajstić information content (AvgIpc) is 2.77. The lowest BCUT2D eigenvalue weighted by Crippen LogP contribution is -2.45. The minimum Gasteiger partial charge on any atom is -0.274 e. The minimum atomic E-state index is -0.506. The van der Waals surface area contributed by atoms with Crippen molar-refractivity contribution in [1.29, 1.82) is 0 Å². The Morgan fingerprint density at radius 1 is 0.759 bits per heavy atom. The molecular formula is C22H27N3O4. The Kier molecular flexibility index (Phi) is 5.65. The van der Waals surface area contributed by atoms with Crippen molar-refractivity contribution in [3.05, 3.63) is 38.9 Å². The van der Waals surface area contributed by atoms with Gasteiger partial charge in [0.25, 0.3) is 11.1 Å². The Hall–Kier alpha value is -2.70. The van der Waals surface area contributed by atoms with Crippen LogP contribution in [0.4, 0.5) is 5.69 Å². The number of carbonyl (C=O) groups excluding carboxylic acids is 2. The van der Waals surface area contributed by atoms with Crippen molar-refractivity contribution in [2.45, 2.75) is 64.2 Å². The first-order valence-electron chi connectivity index (χ1n) is 10.7. The number of rotatable bonds is 3. The molecule has 1 aromatic heterocycles. The Bertz CT molecular complexity index is 996. The summed E-state index contributed by atoms with van der Waals surface area (Å²) in [5.41, 5.74) is -0.717. The number of H-pyrrole nitrogens is 2. The third-order valence-electron chi connectivity index (χ3n) is 6.39. The number of amides is 2. The van der Waals surface area contributed by atoms with Crippen LogP contribution in [0.1, 0.15) is 64.2 Å². The van der Waals surface area contributed by atoms with Gasteiger partial charge in [-0.25, -0.2) is 4.90 Å². The van der Waals surface area contributed by atoms with Crippen LogP contribution in [0, 0.1) is 11.8 Å². The summed E-state index contributed by atoms with van der Waals surface area (Å²) in [7, 11) is 0.